The van der Waals surface area contributed by atoms with Crippen LogP contribution in [-0.2, 0) is 9.63 Å². The van der Waals surface area contributed by atoms with Gasteiger partial charge in [-0.15, -0.1) is 11.3 Å². The molecule has 0 bridgehead atoms. The predicted molar refractivity (Wildman–Crippen MR) is 101 cm³/mol. The molecule has 0 aliphatic heterocycles. The molecule has 1 aromatic carbocycles. The number of para-hydroxylation sites is 1. The molecule has 0 aliphatic carbocycles. The van der Waals surface area contributed by atoms with Gasteiger partial charge in [-0.2, -0.15) is 0 Å². The lowest BCUT2D eigenvalue weighted by molar-refractivity contribution is -0.126. The van der Waals surface area contributed by atoms with E-state index >= 15 is 0 Å². The lowest BCUT2D eigenvalue weighted by Crippen LogP contribution is -2.38. The van der Waals surface area contributed by atoms with Crippen LogP contribution in [0.5, 0.6) is 5.75 Å². The van der Waals surface area contributed by atoms with Crippen LogP contribution in [0, 0.1) is 13.8 Å². The SMILES string of the molecule is C/C(=N/OCC(=O)NC(C)COc1c(C)cccc1C)c1cccs1. The van der Waals surface area contributed by atoms with Crippen molar-refractivity contribution in [1.82, 2.24) is 5.32 Å². The molecule has 1 amide bonds. The van der Waals surface area contributed by atoms with Crippen LogP contribution in [0.1, 0.15) is 29.9 Å². The van der Waals surface area contributed by atoms with E-state index in [4.69, 9.17) is 9.57 Å². The second-order valence-electron chi connectivity index (χ2n) is 5.93. The zero-order valence-electron chi connectivity index (χ0n) is 15.0. The molecule has 2 aromatic rings. The van der Waals surface area contributed by atoms with E-state index in [9.17, 15) is 4.79 Å². The predicted octanol–water partition coefficient (Wildman–Crippen LogP) is 3.69. The first-order valence-electron chi connectivity index (χ1n) is 8.16. The van der Waals surface area contributed by atoms with Crippen LogP contribution in [0.15, 0.2) is 40.9 Å². The van der Waals surface area contributed by atoms with E-state index < -0.39 is 0 Å². The summed E-state index contributed by atoms with van der Waals surface area (Å²) in [4.78, 5) is 18.1. The first-order chi connectivity index (χ1) is 12.0. The fourth-order valence-corrected chi connectivity index (χ4v) is 2.98. The summed E-state index contributed by atoms with van der Waals surface area (Å²) in [6, 6.07) is 9.79. The number of hydrogen-bond donors (Lipinski definition) is 1. The molecular formula is C19H24N2O3S. The summed E-state index contributed by atoms with van der Waals surface area (Å²) >= 11 is 1.58. The molecule has 0 spiro atoms. The largest absolute Gasteiger partial charge is 0.491 e. The molecule has 0 radical (unpaired) electrons. The van der Waals surface area contributed by atoms with Crippen LogP contribution in [0.2, 0.25) is 0 Å². The quantitative estimate of drug-likeness (QED) is 0.577. The third kappa shape index (κ3) is 5.90. The van der Waals surface area contributed by atoms with Crippen molar-refractivity contribution in [1.29, 1.82) is 0 Å². The monoisotopic (exact) mass is 360 g/mol. The molecule has 25 heavy (non-hydrogen) atoms. The van der Waals surface area contributed by atoms with Gasteiger partial charge in [0.15, 0.2) is 6.61 Å². The molecule has 1 aromatic heterocycles. The molecule has 1 unspecified atom stereocenters. The van der Waals surface area contributed by atoms with Gasteiger partial charge in [-0.3, -0.25) is 4.79 Å². The number of rotatable bonds is 8. The average molecular weight is 360 g/mol. The molecule has 0 aliphatic rings. The number of nitrogens with zero attached hydrogens (tertiary/aromatic N) is 1. The Balaban J connectivity index is 1.74. The third-order valence-corrected chi connectivity index (χ3v) is 4.55. The zero-order valence-corrected chi connectivity index (χ0v) is 15.9. The smallest absolute Gasteiger partial charge is 0.261 e. The molecule has 134 valence electrons. The highest BCUT2D eigenvalue weighted by molar-refractivity contribution is 7.12. The van der Waals surface area contributed by atoms with E-state index in [1.165, 1.54) is 0 Å². The van der Waals surface area contributed by atoms with Crippen molar-refractivity contribution in [3.05, 3.63) is 51.7 Å². The molecule has 1 heterocycles. The molecule has 2 rings (SSSR count). The highest BCUT2D eigenvalue weighted by Gasteiger charge is 2.10. The fraction of sp³-hybridized carbons (Fsp3) is 0.368. The van der Waals surface area contributed by atoms with Crippen LogP contribution in [-0.4, -0.2) is 30.9 Å². The number of oxime groups is 1. The van der Waals surface area contributed by atoms with Gasteiger partial charge >= 0.3 is 0 Å². The minimum atomic E-state index is -0.222. The van der Waals surface area contributed by atoms with Crippen LogP contribution < -0.4 is 10.1 Å². The number of amides is 1. The first kappa shape index (κ1) is 19.0. The number of benzene rings is 1. The van der Waals surface area contributed by atoms with Crippen molar-refractivity contribution < 1.29 is 14.4 Å². The molecule has 5 nitrogen and oxygen atoms in total. The molecular weight excluding hydrogens is 336 g/mol. The Hall–Kier alpha value is -2.34. The Labute approximate surface area is 152 Å². The van der Waals surface area contributed by atoms with Crippen LogP contribution in [0.3, 0.4) is 0 Å². The van der Waals surface area contributed by atoms with Gasteiger partial charge < -0.3 is 14.9 Å². The standard InChI is InChI=1S/C19H24N2O3S/c1-13-7-5-8-14(2)19(13)23-11-15(3)20-18(22)12-24-21-16(4)17-9-6-10-25-17/h5-10,15H,11-12H2,1-4H3,(H,20,22)/b21-16-. The molecule has 1 atom stereocenters. The average Bonchev–Trinajstić information content (AvgIpc) is 3.08. The summed E-state index contributed by atoms with van der Waals surface area (Å²) in [6.07, 6.45) is 0. The van der Waals surface area contributed by atoms with Crippen LogP contribution in [0.25, 0.3) is 0 Å². The second-order valence-corrected chi connectivity index (χ2v) is 6.88. The molecule has 0 saturated heterocycles. The molecule has 0 saturated carbocycles. The normalized spacial score (nSPS) is 12.6. The van der Waals surface area contributed by atoms with Gasteiger partial charge in [0.2, 0.25) is 0 Å². The van der Waals surface area contributed by atoms with Crippen molar-refractivity contribution in [2.45, 2.75) is 33.7 Å². The molecule has 1 N–H and O–H groups in total. The van der Waals surface area contributed by atoms with Crippen molar-refractivity contribution in [2.75, 3.05) is 13.2 Å². The van der Waals surface area contributed by atoms with E-state index in [1.807, 2.05) is 63.4 Å². The first-order valence-corrected chi connectivity index (χ1v) is 9.04. The van der Waals surface area contributed by atoms with Crippen molar-refractivity contribution in [3.63, 3.8) is 0 Å². The minimum Gasteiger partial charge on any atom is -0.491 e. The maximum atomic E-state index is 11.9. The van der Waals surface area contributed by atoms with E-state index in [-0.39, 0.29) is 18.6 Å². The van der Waals surface area contributed by atoms with Crippen LogP contribution in [0.4, 0.5) is 0 Å². The minimum absolute atomic E-state index is 0.115. The van der Waals surface area contributed by atoms with Gasteiger partial charge in [-0.1, -0.05) is 29.4 Å². The third-order valence-electron chi connectivity index (χ3n) is 3.57. The lowest BCUT2D eigenvalue weighted by atomic mass is 10.1. The number of ether oxygens (including phenoxy) is 1. The van der Waals surface area contributed by atoms with Gasteiger partial charge in [-0.05, 0) is 50.3 Å². The van der Waals surface area contributed by atoms with Gasteiger partial charge in [0.05, 0.1) is 16.6 Å². The number of nitrogens with one attached hydrogen (secondary N) is 1. The Kier molecular flexibility index (Phi) is 7.01. The van der Waals surface area contributed by atoms with Crippen molar-refractivity contribution in [3.8, 4) is 5.75 Å². The summed E-state index contributed by atoms with van der Waals surface area (Å²) in [5, 5.41) is 8.78. The Morgan fingerprint density at radius 3 is 2.60 bits per heavy atom. The molecule has 0 fully saturated rings. The van der Waals surface area contributed by atoms with Gasteiger partial charge in [0.1, 0.15) is 12.4 Å². The Morgan fingerprint density at radius 1 is 1.24 bits per heavy atom. The van der Waals surface area contributed by atoms with E-state index in [2.05, 4.69) is 10.5 Å². The highest BCUT2D eigenvalue weighted by Crippen LogP contribution is 2.22. The van der Waals surface area contributed by atoms with E-state index in [0.29, 0.717) is 6.61 Å². The maximum Gasteiger partial charge on any atom is 0.261 e. The Morgan fingerprint density at radius 2 is 1.96 bits per heavy atom. The summed E-state index contributed by atoms with van der Waals surface area (Å²) in [5.41, 5.74) is 2.93. The van der Waals surface area contributed by atoms with Gasteiger partial charge in [0.25, 0.3) is 5.91 Å². The summed E-state index contributed by atoms with van der Waals surface area (Å²) in [5.74, 6) is 0.649. The lowest BCUT2D eigenvalue weighted by Gasteiger charge is -2.17. The highest BCUT2D eigenvalue weighted by atomic mass is 32.1. The number of hydrogen-bond acceptors (Lipinski definition) is 5. The van der Waals surface area contributed by atoms with Gasteiger partial charge in [-0.25, -0.2) is 0 Å². The van der Waals surface area contributed by atoms with Crippen molar-refractivity contribution in [2.24, 2.45) is 5.16 Å². The maximum absolute atomic E-state index is 11.9. The van der Waals surface area contributed by atoms with Crippen molar-refractivity contribution >= 4 is 23.0 Å². The summed E-state index contributed by atoms with van der Waals surface area (Å²) in [6.45, 7) is 8.04. The number of aryl methyl sites for hydroxylation is 2. The number of carbonyl (C=O) groups is 1. The fourth-order valence-electron chi connectivity index (χ4n) is 2.31. The number of thiophene rings is 1. The topological polar surface area (TPSA) is 59.9 Å². The zero-order chi connectivity index (χ0) is 18.2. The van der Waals surface area contributed by atoms with E-state index in [0.717, 1.165) is 27.5 Å². The summed E-state index contributed by atoms with van der Waals surface area (Å²) in [7, 11) is 0. The van der Waals surface area contributed by atoms with Crippen LogP contribution >= 0.6 is 11.3 Å². The summed E-state index contributed by atoms with van der Waals surface area (Å²) < 4.78 is 5.84. The number of carbonyl (C=O) groups excluding carboxylic acids is 1. The molecule has 6 heteroatoms. The van der Waals surface area contributed by atoms with Gasteiger partial charge in [0, 0.05) is 0 Å². The second kappa shape index (κ2) is 9.22. The Bertz CT molecular complexity index is 706. The van der Waals surface area contributed by atoms with E-state index in [1.54, 1.807) is 11.3 Å².